The quantitative estimate of drug-likeness (QED) is 0.711. The summed E-state index contributed by atoms with van der Waals surface area (Å²) in [6.45, 7) is 7.54. The molecular formula is C26H34N4O2. The van der Waals surface area contributed by atoms with Gasteiger partial charge < -0.3 is 9.42 Å². The smallest absolute Gasteiger partial charge is 0.244 e. The number of aryl methyl sites for hydroxylation is 1. The molecule has 4 aliphatic carbocycles. The fourth-order valence-electron chi connectivity index (χ4n) is 7.40. The normalized spacial score (nSPS) is 32.9. The van der Waals surface area contributed by atoms with Crippen LogP contribution in [0, 0.1) is 30.1 Å². The van der Waals surface area contributed by atoms with Crippen LogP contribution in [0.2, 0.25) is 0 Å². The Morgan fingerprint density at radius 2 is 1.59 bits per heavy atom. The maximum absolute atomic E-state index is 13.6. The summed E-state index contributed by atoms with van der Waals surface area (Å²) in [6.07, 6.45) is 7.60. The zero-order valence-electron chi connectivity index (χ0n) is 19.3. The summed E-state index contributed by atoms with van der Waals surface area (Å²) in [5.41, 5.74) is 2.16. The molecule has 5 fully saturated rings. The summed E-state index contributed by atoms with van der Waals surface area (Å²) in [5.74, 6) is 4.19. The third-order valence-corrected chi connectivity index (χ3v) is 8.75. The van der Waals surface area contributed by atoms with E-state index in [4.69, 9.17) is 4.52 Å². The number of piperazine rings is 1. The predicted octanol–water partition coefficient (Wildman–Crippen LogP) is 4.47. The van der Waals surface area contributed by atoms with Crippen molar-refractivity contribution < 1.29 is 9.32 Å². The molecule has 0 radical (unpaired) electrons. The summed E-state index contributed by atoms with van der Waals surface area (Å²) in [4.78, 5) is 22.9. The predicted molar refractivity (Wildman–Crippen MR) is 122 cm³/mol. The lowest BCUT2D eigenvalue weighted by atomic mass is 9.49. The second kappa shape index (κ2) is 7.68. The van der Waals surface area contributed by atoms with Crippen molar-refractivity contribution in [2.24, 2.45) is 23.2 Å². The number of hydrogen-bond acceptors (Lipinski definition) is 5. The number of rotatable bonds is 4. The van der Waals surface area contributed by atoms with Gasteiger partial charge in [-0.05, 0) is 70.1 Å². The summed E-state index contributed by atoms with van der Waals surface area (Å²) in [6, 6.07) is 8.25. The number of carbonyl (C=O) groups is 1. The van der Waals surface area contributed by atoms with Crippen molar-refractivity contribution in [3.8, 4) is 11.4 Å². The number of amides is 1. The molecule has 6 heteroatoms. The molecule has 6 nitrogen and oxygen atoms in total. The van der Waals surface area contributed by atoms with E-state index in [1.54, 1.807) is 0 Å². The standard InChI is InChI=1S/C26H34N4O2/c1-17-3-5-22(6-4-17)23-27-24(32-28-23)18(2)29-7-9-30(10-8-29)25(31)26-14-19-11-20(15-26)13-21(12-19)16-26/h3-6,18-21H,7-16H2,1-2H3. The van der Waals surface area contributed by atoms with Gasteiger partial charge >= 0.3 is 0 Å². The molecule has 2 aromatic rings. The Hall–Kier alpha value is -2.21. The van der Waals surface area contributed by atoms with Gasteiger partial charge in [0.2, 0.25) is 17.6 Å². The van der Waals surface area contributed by atoms with Gasteiger partial charge in [-0.2, -0.15) is 4.98 Å². The zero-order chi connectivity index (χ0) is 21.9. The number of nitrogens with zero attached hydrogens (tertiary/aromatic N) is 4. The van der Waals surface area contributed by atoms with Crippen LogP contribution in [0.3, 0.4) is 0 Å². The molecule has 1 aromatic carbocycles. The molecule has 4 saturated carbocycles. The first kappa shape index (κ1) is 20.4. The highest BCUT2D eigenvalue weighted by molar-refractivity contribution is 5.83. The average Bonchev–Trinajstić information content (AvgIpc) is 3.28. The number of aromatic nitrogens is 2. The Morgan fingerprint density at radius 1 is 1.00 bits per heavy atom. The van der Waals surface area contributed by atoms with E-state index in [-0.39, 0.29) is 11.5 Å². The van der Waals surface area contributed by atoms with E-state index >= 15 is 0 Å². The van der Waals surface area contributed by atoms with Crippen LogP contribution in [0.1, 0.15) is 62.9 Å². The van der Waals surface area contributed by atoms with E-state index in [9.17, 15) is 4.79 Å². The molecule has 0 spiro atoms. The SMILES string of the molecule is Cc1ccc(-c2noc(C(C)N3CCN(C(=O)C45CC6CC(CC(C6)C4)C5)CC3)n2)cc1. The van der Waals surface area contributed by atoms with E-state index in [1.807, 2.05) is 12.1 Å². The van der Waals surface area contributed by atoms with Crippen molar-refractivity contribution in [1.82, 2.24) is 19.9 Å². The number of carbonyl (C=O) groups excluding carboxylic acids is 1. The van der Waals surface area contributed by atoms with Crippen molar-refractivity contribution >= 4 is 5.91 Å². The summed E-state index contributed by atoms with van der Waals surface area (Å²) >= 11 is 0. The van der Waals surface area contributed by atoms with Crippen molar-refractivity contribution in [1.29, 1.82) is 0 Å². The highest BCUT2D eigenvalue weighted by atomic mass is 16.5. The van der Waals surface area contributed by atoms with Gasteiger partial charge in [-0.3, -0.25) is 9.69 Å². The molecule has 170 valence electrons. The highest BCUT2D eigenvalue weighted by Gasteiger charge is 2.55. The van der Waals surface area contributed by atoms with Crippen LogP contribution >= 0.6 is 0 Å². The Bertz CT molecular complexity index is 954. The van der Waals surface area contributed by atoms with Crippen LogP contribution in [-0.4, -0.2) is 52.0 Å². The minimum Gasteiger partial charge on any atom is -0.340 e. The van der Waals surface area contributed by atoms with Crippen molar-refractivity contribution in [2.45, 2.75) is 58.4 Å². The Kier molecular flexibility index (Phi) is 4.90. The number of benzene rings is 1. The molecule has 1 aromatic heterocycles. The molecule has 32 heavy (non-hydrogen) atoms. The van der Waals surface area contributed by atoms with Crippen molar-refractivity contribution in [2.75, 3.05) is 26.2 Å². The first-order chi connectivity index (χ1) is 15.5. The van der Waals surface area contributed by atoms with Gasteiger partial charge in [-0.15, -0.1) is 0 Å². The molecule has 2 heterocycles. The molecular weight excluding hydrogens is 400 g/mol. The van der Waals surface area contributed by atoms with E-state index < -0.39 is 0 Å². The Labute approximate surface area is 190 Å². The monoisotopic (exact) mass is 434 g/mol. The zero-order valence-corrected chi connectivity index (χ0v) is 19.3. The summed E-state index contributed by atoms with van der Waals surface area (Å²) < 4.78 is 5.62. The van der Waals surface area contributed by atoms with Gasteiger partial charge in [-0.1, -0.05) is 35.0 Å². The van der Waals surface area contributed by atoms with Gasteiger partial charge in [0.05, 0.1) is 11.5 Å². The molecule has 1 unspecified atom stereocenters. The summed E-state index contributed by atoms with van der Waals surface area (Å²) in [7, 11) is 0. The molecule has 7 rings (SSSR count). The molecule has 1 amide bonds. The second-order valence-electron chi connectivity index (χ2n) is 11.0. The molecule has 0 N–H and O–H groups in total. The minimum atomic E-state index is -0.0298. The maximum Gasteiger partial charge on any atom is 0.244 e. The van der Waals surface area contributed by atoms with E-state index in [0.29, 0.717) is 17.6 Å². The van der Waals surface area contributed by atoms with Crippen LogP contribution in [0.4, 0.5) is 0 Å². The first-order valence-electron chi connectivity index (χ1n) is 12.4. The largest absolute Gasteiger partial charge is 0.340 e. The molecule has 5 aliphatic rings. The highest BCUT2D eigenvalue weighted by Crippen LogP contribution is 2.60. The van der Waals surface area contributed by atoms with Crippen molar-refractivity contribution in [3.05, 3.63) is 35.7 Å². The van der Waals surface area contributed by atoms with Crippen LogP contribution < -0.4 is 0 Å². The molecule has 1 atom stereocenters. The van der Waals surface area contributed by atoms with Gasteiger partial charge in [0.1, 0.15) is 0 Å². The third-order valence-electron chi connectivity index (χ3n) is 8.75. The fraction of sp³-hybridized carbons (Fsp3) is 0.654. The van der Waals surface area contributed by atoms with E-state index in [1.165, 1.54) is 24.8 Å². The average molecular weight is 435 g/mol. The Morgan fingerprint density at radius 3 is 2.19 bits per heavy atom. The van der Waals surface area contributed by atoms with Crippen molar-refractivity contribution in [3.63, 3.8) is 0 Å². The van der Waals surface area contributed by atoms with Gasteiger partial charge in [0.25, 0.3) is 0 Å². The molecule has 1 aliphatic heterocycles. The lowest BCUT2D eigenvalue weighted by Gasteiger charge is -2.57. The minimum absolute atomic E-state index is 0.0298. The topological polar surface area (TPSA) is 62.5 Å². The number of hydrogen-bond donors (Lipinski definition) is 0. The Balaban J connectivity index is 1.09. The fourth-order valence-corrected chi connectivity index (χ4v) is 7.40. The molecule has 1 saturated heterocycles. The second-order valence-corrected chi connectivity index (χ2v) is 11.0. The van der Waals surface area contributed by atoms with Crippen LogP contribution in [0.25, 0.3) is 11.4 Å². The lowest BCUT2D eigenvalue weighted by molar-refractivity contribution is -0.159. The van der Waals surface area contributed by atoms with Gasteiger partial charge in [-0.25, -0.2) is 0 Å². The van der Waals surface area contributed by atoms with E-state index in [0.717, 1.165) is 68.8 Å². The first-order valence-corrected chi connectivity index (χ1v) is 12.4. The third kappa shape index (κ3) is 3.47. The van der Waals surface area contributed by atoms with Crippen LogP contribution in [0.5, 0.6) is 0 Å². The van der Waals surface area contributed by atoms with E-state index in [2.05, 4.69) is 45.9 Å². The summed E-state index contributed by atoms with van der Waals surface area (Å²) in [5, 5.41) is 4.20. The van der Waals surface area contributed by atoms with Crippen LogP contribution in [-0.2, 0) is 4.79 Å². The van der Waals surface area contributed by atoms with Gasteiger partial charge in [0, 0.05) is 31.7 Å². The lowest BCUT2D eigenvalue weighted by Crippen LogP contribution is -2.58. The maximum atomic E-state index is 13.6. The molecule has 4 bridgehead atoms. The van der Waals surface area contributed by atoms with Gasteiger partial charge in [0.15, 0.2) is 0 Å². The van der Waals surface area contributed by atoms with Crippen LogP contribution in [0.15, 0.2) is 28.8 Å².